The van der Waals surface area contributed by atoms with Crippen LogP contribution in [0.25, 0.3) is 10.9 Å². The topological polar surface area (TPSA) is 101 Å². The van der Waals surface area contributed by atoms with Gasteiger partial charge in [0.25, 0.3) is 0 Å². The Balaban J connectivity index is 0.00000420. The highest BCUT2D eigenvalue weighted by Gasteiger charge is 2.26. The van der Waals surface area contributed by atoms with Crippen LogP contribution in [0.15, 0.2) is 30.5 Å². The first kappa shape index (κ1) is 24.0. The number of para-hydroxylation sites is 1. The van der Waals surface area contributed by atoms with Gasteiger partial charge < -0.3 is 24.7 Å². The monoisotopic (exact) mass is 405 g/mol. The van der Waals surface area contributed by atoms with Gasteiger partial charge in [-0.25, -0.2) is 9.59 Å². The van der Waals surface area contributed by atoms with Crippen LogP contribution in [0.3, 0.4) is 0 Å². The van der Waals surface area contributed by atoms with Crippen molar-refractivity contribution < 1.29 is 23.9 Å². The summed E-state index contributed by atoms with van der Waals surface area (Å²) in [6.45, 7) is 4.99. The number of fused-ring (bicyclic) bond motifs is 1. The Morgan fingerprint density at radius 3 is 2.48 bits per heavy atom. The second-order valence-electron chi connectivity index (χ2n) is 7.54. The zero-order valence-electron chi connectivity index (χ0n) is 16.9. The van der Waals surface area contributed by atoms with Gasteiger partial charge in [0.15, 0.2) is 0 Å². The highest BCUT2D eigenvalue weighted by Crippen LogP contribution is 2.19. The minimum Gasteiger partial charge on any atom is -0.467 e. The van der Waals surface area contributed by atoms with Gasteiger partial charge in [-0.1, -0.05) is 25.6 Å². The molecule has 2 N–H and O–H groups in total. The molecule has 0 spiro atoms. The second kappa shape index (κ2) is 9.95. The molecule has 1 heterocycles. The number of H-pyrrole nitrogens is 1. The molecule has 2 aromatic rings. The van der Waals surface area contributed by atoms with E-state index < -0.39 is 29.6 Å². The molecule has 0 saturated carbocycles. The van der Waals surface area contributed by atoms with Crippen molar-refractivity contribution in [2.24, 2.45) is 0 Å². The van der Waals surface area contributed by atoms with Crippen molar-refractivity contribution in [1.82, 2.24) is 15.2 Å². The van der Waals surface area contributed by atoms with Gasteiger partial charge in [0.05, 0.1) is 7.11 Å². The van der Waals surface area contributed by atoms with Crippen LogP contribution in [0.1, 0.15) is 33.8 Å². The van der Waals surface area contributed by atoms with Gasteiger partial charge in [0, 0.05) is 30.6 Å². The lowest BCUT2D eigenvalue weighted by Gasteiger charge is -2.25. The average Bonchev–Trinajstić information content (AvgIpc) is 3.02. The van der Waals surface area contributed by atoms with Crippen LogP contribution in [0.5, 0.6) is 0 Å². The Labute approximate surface area is 171 Å². The number of methoxy groups -OCH3 is 1. The number of ether oxygens (including phenoxy) is 2. The predicted octanol–water partition coefficient (Wildman–Crippen LogP) is 2.87. The Bertz CT molecular complexity index is 853. The van der Waals surface area contributed by atoms with Crippen molar-refractivity contribution in [2.75, 3.05) is 20.7 Å². The third-order valence-electron chi connectivity index (χ3n) is 4.01. The van der Waals surface area contributed by atoms with E-state index in [1.165, 1.54) is 14.2 Å². The summed E-state index contributed by atoms with van der Waals surface area (Å²) in [5.41, 5.74) is 1.16. The van der Waals surface area contributed by atoms with Crippen molar-refractivity contribution in [3.8, 4) is 0 Å². The van der Waals surface area contributed by atoms with Crippen LogP contribution in [-0.2, 0) is 25.5 Å². The first-order chi connectivity index (χ1) is 13.1. The number of amides is 2. The Kier molecular flexibility index (Phi) is 8.24. The van der Waals surface area contributed by atoms with Gasteiger partial charge in [0.1, 0.15) is 18.2 Å². The fraction of sp³-hybridized carbons (Fsp3) is 0.476. The molecule has 2 rings (SSSR count). The van der Waals surface area contributed by atoms with E-state index in [4.69, 9.17) is 9.47 Å². The van der Waals surface area contributed by atoms with Crippen LogP contribution in [-0.4, -0.2) is 60.2 Å². The first-order valence-corrected chi connectivity index (χ1v) is 8.97. The molecular formula is C21H31N3O5. The lowest BCUT2D eigenvalue weighted by molar-refractivity contribution is -0.145. The standard InChI is InChI=1S/C20H27N3O5.CH4/c1-20(2,3)28-19(26)23(4)12-17(24)22-16(18(25)27-5)10-13-11-21-15-9-7-6-8-14(13)15;/h6-9,11,16,21H,10,12H2,1-5H3,(H,22,24);1H4. The van der Waals surface area contributed by atoms with E-state index in [-0.39, 0.29) is 20.4 Å². The van der Waals surface area contributed by atoms with E-state index in [1.54, 1.807) is 27.0 Å². The average molecular weight is 405 g/mol. The molecule has 0 bridgehead atoms. The fourth-order valence-electron chi connectivity index (χ4n) is 2.72. The van der Waals surface area contributed by atoms with E-state index in [2.05, 4.69) is 10.3 Å². The van der Waals surface area contributed by atoms with Crippen molar-refractivity contribution in [3.63, 3.8) is 0 Å². The number of aromatic nitrogens is 1. The molecular weight excluding hydrogens is 374 g/mol. The number of rotatable bonds is 6. The normalized spacial score (nSPS) is 11.9. The van der Waals surface area contributed by atoms with E-state index in [0.717, 1.165) is 21.4 Å². The maximum atomic E-state index is 12.4. The van der Waals surface area contributed by atoms with E-state index in [0.29, 0.717) is 0 Å². The molecule has 0 aliphatic heterocycles. The fourth-order valence-corrected chi connectivity index (χ4v) is 2.72. The minimum atomic E-state index is -0.872. The third-order valence-corrected chi connectivity index (χ3v) is 4.01. The van der Waals surface area contributed by atoms with Gasteiger partial charge >= 0.3 is 12.1 Å². The number of carbonyl (C=O) groups excluding carboxylic acids is 3. The van der Waals surface area contributed by atoms with Crippen molar-refractivity contribution in [2.45, 2.75) is 46.3 Å². The van der Waals surface area contributed by atoms with Gasteiger partial charge in [-0.05, 0) is 32.4 Å². The maximum Gasteiger partial charge on any atom is 0.410 e. The lowest BCUT2D eigenvalue weighted by atomic mass is 10.0. The highest BCUT2D eigenvalue weighted by atomic mass is 16.6. The Morgan fingerprint density at radius 1 is 1.21 bits per heavy atom. The number of carbonyl (C=O) groups is 3. The number of likely N-dealkylation sites (N-methyl/N-ethyl adjacent to an activating group) is 1. The number of nitrogens with one attached hydrogen (secondary N) is 2. The van der Waals surface area contributed by atoms with Crippen LogP contribution in [0.2, 0.25) is 0 Å². The molecule has 0 aliphatic carbocycles. The van der Waals surface area contributed by atoms with Crippen molar-refractivity contribution in [3.05, 3.63) is 36.0 Å². The molecule has 0 saturated heterocycles. The summed E-state index contributed by atoms with van der Waals surface area (Å²) in [5.74, 6) is -1.04. The molecule has 0 fully saturated rings. The van der Waals surface area contributed by atoms with Crippen LogP contribution in [0.4, 0.5) is 4.79 Å². The number of hydrogen-bond donors (Lipinski definition) is 2. The van der Waals surface area contributed by atoms with Gasteiger partial charge in [-0.2, -0.15) is 0 Å². The smallest absolute Gasteiger partial charge is 0.410 e. The second-order valence-corrected chi connectivity index (χ2v) is 7.54. The molecule has 1 atom stereocenters. The molecule has 0 aliphatic rings. The highest BCUT2D eigenvalue weighted by molar-refractivity contribution is 5.88. The van der Waals surface area contributed by atoms with E-state index in [1.807, 2.05) is 24.3 Å². The SMILES string of the molecule is C.COC(=O)C(Cc1c[nH]c2ccccc12)NC(=O)CN(C)C(=O)OC(C)(C)C. The molecule has 29 heavy (non-hydrogen) atoms. The molecule has 160 valence electrons. The van der Waals surface area contributed by atoms with Crippen LogP contribution >= 0.6 is 0 Å². The lowest BCUT2D eigenvalue weighted by Crippen LogP contribution is -2.48. The Morgan fingerprint density at radius 2 is 1.86 bits per heavy atom. The predicted molar refractivity (Wildman–Crippen MR) is 112 cm³/mol. The van der Waals surface area contributed by atoms with Crippen LogP contribution in [0, 0.1) is 0 Å². The van der Waals surface area contributed by atoms with E-state index >= 15 is 0 Å². The van der Waals surface area contributed by atoms with Crippen molar-refractivity contribution in [1.29, 1.82) is 0 Å². The molecule has 2 amide bonds. The molecule has 8 heteroatoms. The summed E-state index contributed by atoms with van der Waals surface area (Å²) in [7, 11) is 2.73. The number of benzene rings is 1. The number of nitrogens with zero attached hydrogens (tertiary/aromatic N) is 1. The number of aromatic amines is 1. The summed E-state index contributed by atoms with van der Waals surface area (Å²) in [4.78, 5) is 40.8. The molecule has 0 radical (unpaired) electrons. The van der Waals surface area contributed by atoms with E-state index in [9.17, 15) is 14.4 Å². The number of esters is 1. The quantitative estimate of drug-likeness (QED) is 0.720. The van der Waals surface area contributed by atoms with Gasteiger partial charge in [-0.3, -0.25) is 4.79 Å². The van der Waals surface area contributed by atoms with Gasteiger partial charge in [-0.15, -0.1) is 0 Å². The number of hydrogen-bond acceptors (Lipinski definition) is 5. The Hall–Kier alpha value is -3.03. The molecule has 1 unspecified atom stereocenters. The minimum absolute atomic E-state index is 0. The zero-order chi connectivity index (χ0) is 20.9. The molecule has 1 aromatic carbocycles. The summed E-state index contributed by atoms with van der Waals surface area (Å²) in [6.07, 6.45) is 1.45. The molecule has 8 nitrogen and oxygen atoms in total. The molecule has 1 aromatic heterocycles. The maximum absolute atomic E-state index is 12.4. The zero-order valence-corrected chi connectivity index (χ0v) is 16.9. The van der Waals surface area contributed by atoms with Crippen molar-refractivity contribution >= 4 is 28.9 Å². The summed E-state index contributed by atoms with van der Waals surface area (Å²) in [6, 6.07) is 6.81. The summed E-state index contributed by atoms with van der Waals surface area (Å²) >= 11 is 0. The van der Waals surface area contributed by atoms with Gasteiger partial charge in [0.2, 0.25) is 5.91 Å². The van der Waals surface area contributed by atoms with Crippen LogP contribution < -0.4 is 5.32 Å². The largest absolute Gasteiger partial charge is 0.467 e. The first-order valence-electron chi connectivity index (χ1n) is 8.97. The summed E-state index contributed by atoms with van der Waals surface area (Å²) < 4.78 is 10.0. The summed E-state index contributed by atoms with van der Waals surface area (Å²) in [5, 5.41) is 3.61. The third kappa shape index (κ3) is 6.81.